The van der Waals surface area contributed by atoms with Gasteiger partial charge in [-0.2, -0.15) is 5.10 Å². The molecule has 114 valence electrons. The summed E-state index contributed by atoms with van der Waals surface area (Å²) in [5.41, 5.74) is 4.44. The molecule has 0 saturated heterocycles. The van der Waals surface area contributed by atoms with E-state index in [1.807, 2.05) is 10.7 Å². The van der Waals surface area contributed by atoms with Gasteiger partial charge in [-0.3, -0.25) is 10.5 Å². The van der Waals surface area contributed by atoms with E-state index in [-0.39, 0.29) is 6.04 Å². The van der Waals surface area contributed by atoms with Gasteiger partial charge in [0.1, 0.15) is 5.69 Å². The zero-order chi connectivity index (χ0) is 15.4. The number of aryl methyl sites for hydroxylation is 1. The smallest absolute Gasteiger partial charge is 0.161 e. The van der Waals surface area contributed by atoms with Gasteiger partial charge >= 0.3 is 0 Å². The van der Waals surface area contributed by atoms with Gasteiger partial charge in [0.15, 0.2) is 5.75 Å². The second kappa shape index (κ2) is 7.13. The predicted molar refractivity (Wildman–Crippen MR) is 84.7 cm³/mol. The summed E-state index contributed by atoms with van der Waals surface area (Å²) in [5, 5.41) is 5.46. The second-order valence-corrected chi connectivity index (χ2v) is 5.43. The maximum Gasteiger partial charge on any atom is 0.161 e. The van der Waals surface area contributed by atoms with Crippen molar-refractivity contribution in [1.82, 2.24) is 15.2 Å². The van der Waals surface area contributed by atoms with E-state index in [2.05, 4.69) is 17.4 Å². The molecule has 2 rings (SSSR count). The molecule has 0 radical (unpaired) electrons. The zero-order valence-corrected chi connectivity index (χ0v) is 13.4. The predicted octanol–water partition coefficient (Wildman–Crippen LogP) is 3.16. The number of hydrogen-bond donors (Lipinski definition) is 2. The Bertz CT molecular complexity index is 615. The number of benzene rings is 1. The highest BCUT2D eigenvalue weighted by atomic mass is 35.5. The summed E-state index contributed by atoms with van der Waals surface area (Å²) >= 11 is 12.2. The molecule has 1 aromatic carbocycles. The Kier molecular flexibility index (Phi) is 5.47. The Morgan fingerprint density at radius 1 is 1.43 bits per heavy atom. The molecule has 0 fully saturated rings. The summed E-state index contributed by atoms with van der Waals surface area (Å²) in [4.78, 5) is 0. The Hall–Kier alpha value is -1.27. The van der Waals surface area contributed by atoms with Gasteiger partial charge in [0.25, 0.3) is 0 Å². The van der Waals surface area contributed by atoms with Crippen molar-refractivity contribution in [3.8, 4) is 5.75 Å². The van der Waals surface area contributed by atoms with Crippen molar-refractivity contribution in [3.63, 3.8) is 0 Å². The Labute approximate surface area is 134 Å². The van der Waals surface area contributed by atoms with Crippen LogP contribution in [0.2, 0.25) is 10.0 Å². The molecule has 0 spiro atoms. The van der Waals surface area contributed by atoms with Crippen LogP contribution in [0.15, 0.2) is 24.4 Å². The van der Waals surface area contributed by atoms with Crippen LogP contribution in [0.1, 0.15) is 30.6 Å². The average molecular weight is 329 g/mol. The largest absolute Gasteiger partial charge is 0.493 e. The van der Waals surface area contributed by atoms with E-state index in [1.54, 1.807) is 25.4 Å². The number of ether oxygens (including phenoxy) is 1. The van der Waals surface area contributed by atoms with Gasteiger partial charge in [-0.1, -0.05) is 36.2 Å². The van der Waals surface area contributed by atoms with Crippen molar-refractivity contribution in [1.29, 1.82) is 0 Å². The van der Waals surface area contributed by atoms with Gasteiger partial charge in [0, 0.05) is 16.6 Å². The van der Waals surface area contributed by atoms with E-state index in [4.69, 9.17) is 33.8 Å². The number of nitrogens with zero attached hydrogens (tertiary/aromatic N) is 2. The molecular weight excluding hydrogens is 311 g/mol. The summed E-state index contributed by atoms with van der Waals surface area (Å²) in [6.45, 7) is 2.85. The quantitative estimate of drug-likeness (QED) is 0.631. The van der Waals surface area contributed by atoms with Gasteiger partial charge in [-0.25, -0.2) is 5.43 Å². The fourth-order valence-electron chi connectivity index (χ4n) is 2.27. The highest BCUT2D eigenvalue weighted by Gasteiger charge is 2.24. The highest BCUT2D eigenvalue weighted by Crippen LogP contribution is 2.34. The molecule has 0 amide bonds. The Morgan fingerprint density at radius 2 is 2.19 bits per heavy atom. The van der Waals surface area contributed by atoms with Crippen molar-refractivity contribution in [3.05, 3.63) is 45.7 Å². The standard InChI is InChI=1S/C14H18Cl2N4O/c1-3-6-20-14(12(21-2)8-18-20)13(19-17)10-5-4-9(15)7-11(10)16/h4-5,7-8,13,19H,3,6,17H2,1-2H3. The highest BCUT2D eigenvalue weighted by molar-refractivity contribution is 6.35. The van der Waals surface area contributed by atoms with Crippen LogP contribution in [-0.4, -0.2) is 16.9 Å². The Balaban J connectivity index is 2.52. The van der Waals surface area contributed by atoms with Crippen molar-refractivity contribution in [2.75, 3.05) is 7.11 Å². The van der Waals surface area contributed by atoms with E-state index in [9.17, 15) is 0 Å². The number of hydrazine groups is 1. The number of hydrogen-bond acceptors (Lipinski definition) is 4. The fraction of sp³-hybridized carbons (Fsp3) is 0.357. The van der Waals surface area contributed by atoms with Gasteiger partial charge in [-0.15, -0.1) is 0 Å². The molecule has 0 aliphatic rings. The minimum atomic E-state index is -0.334. The monoisotopic (exact) mass is 328 g/mol. The van der Waals surface area contributed by atoms with Gasteiger partial charge in [0.2, 0.25) is 0 Å². The molecule has 1 aromatic heterocycles. The van der Waals surface area contributed by atoms with Crippen molar-refractivity contribution >= 4 is 23.2 Å². The van der Waals surface area contributed by atoms with E-state index in [1.165, 1.54) is 0 Å². The molecule has 1 unspecified atom stereocenters. The minimum Gasteiger partial charge on any atom is -0.493 e. The molecule has 0 bridgehead atoms. The van der Waals surface area contributed by atoms with Crippen LogP contribution < -0.4 is 16.0 Å². The minimum absolute atomic E-state index is 0.334. The normalized spacial score (nSPS) is 12.4. The van der Waals surface area contributed by atoms with E-state index in [0.717, 1.165) is 24.2 Å². The van der Waals surface area contributed by atoms with E-state index in [0.29, 0.717) is 15.8 Å². The van der Waals surface area contributed by atoms with Crippen molar-refractivity contribution in [2.24, 2.45) is 5.84 Å². The van der Waals surface area contributed by atoms with Crippen LogP contribution in [0.3, 0.4) is 0 Å². The molecule has 0 aliphatic heterocycles. The molecule has 21 heavy (non-hydrogen) atoms. The van der Waals surface area contributed by atoms with E-state index < -0.39 is 0 Å². The fourth-order valence-corrected chi connectivity index (χ4v) is 2.79. The number of nitrogens with one attached hydrogen (secondary N) is 1. The third-order valence-electron chi connectivity index (χ3n) is 3.21. The van der Waals surface area contributed by atoms with Crippen molar-refractivity contribution in [2.45, 2.75) is 25.9 Å². The number of methoxy groups -OCH3 is 1. The lowest BCUT2D eigenvalue weighted by molar-refractivity contribution is 0.398. The van der Waals surface area contributed by atoms with Crippen LogP contribution in [0.25, 0.3) is 0 Å². The SMILES string of the molecule is CCCn1ncc(OC)c1C(NN)c1ccc(Cl)cc1Cl. The molecule has 5 nitrogen and oxygen atoms in total. The first-order chi connectivity index (χ1) is 10.1. The van der Waals surface area contributed by atoms with Crippen LogP contribution in [-0.2, 0) is 6.54 Å². The molecule has 1 atom stereocenters. The topological polar surface area (TPSA) is 65.1 Å². The zero-order valence-electron chi connectivity index (χ0n) is 11.9. The Morgan fingerprint density at radius 3 is 2.76 bits per heavy atom. The number of nitrogens with two attached hydrogens (primary N) is 1. The summed E-state index contributed by atoms with van der Waals surface area (Å²) in [6, 6.07) is 4.98. The summed E-state index contributed by atoms with van der Waals surface area (Å²) < 4.78 is 7.26. The maximum atomic E-state index is 6.29. The number of aromatic nitrogens is 2. The lowest BCUT2D eigenvalue weighted by Crippen LogP contribution is -2.31. The lowest BCUT2D eigenvalue weighted by Gasteiger charge is -2.20. The average Bonchev–Trinajstić information content (AvgIpc) is 2.85. The molecule has 0 saturated carbocycles. The van der Waals surface area contributed by atoms with Gasteiger partial charge < -0.3 is 4.74 Å². The first-order valence-electron chi connectivity index (χ1n) is 6.63. The van der Waals surface area contributed by atoms with Crippen LogP contribution >= 0.6 is 23.2 Å². The lowest BCUT2D eigenvalue weighted by atomic mass is 10.0. The third kappa shape index (κ3) is 3.32. The summed E-state index contributed by atoms with van der Waals surface area (Å²) in [6.07, 6.45) is 2.63. The van der Waals surface area contributed by atoms with Crippen LogP contribution in [0.4, 0.5) is 0 Å². The number of rotatable bonds is 6. The molecule has 7 heteroatoms. The molecule has 0 aliphatic carbocycles. The van der Waals surface area contributed by atoms with Gasteiger partial charge in [-0.05, 0) is 24.1 Å². The van der Waals surface area contributed by atoms with Crippen LogP contribution in [0.5, 0.6) is 5.75 Å². The first kappa shape index (κ1) is 16.1. The summed E-state index contributed by atoms with van der Waals surface area (Å²) in [5.74, 6) is 6.42. The maximum absolute atomic E-state index is 6.29. The summed E-state index contributed by atoms with van der Waals surface area (Å²) in [7, 11) is 1.61. The molecular formula is C14H18Cl2N4O. The third-order valence-corrected chi connectivity index (χ3v) is 3.78. The molecule has 2 aromatic rings. The first-order valence-corrected chi connectivity index (χ1v) is 7.38. The number of halogens is 2. The van der Waals surface area contributed by atoms with Crippen molar-refractivity contribution < 1.29 is 4.74 Å². The van der Waals surface area contributed by atoms with Crippen LogP contribution in [0, 0.1) is 0 Å². The molecule has 3 N–H and O–H groups in total. The second-order valence-electron chi connectivity index (χ2n) is 4.59. The molecule has 1 heterocycles. The van der Waals surface area contributed by atoms with E-state index >= 15 is 0 Å². The van der Waals surface area contributed by atoms with Gasteiger partial charge in [0.05, 0.1) is 19.3 Å².